The van der Waals surface area contributed by atoms with E-state index in [1.807, 2.05) is 0 Å². The average Bonchev–Trinajstić information content (AvgIpc) is 2.15. The van der Waals surface area contributed by atoms with E-state index in [0.29, 0.717) is 0 Å². The Morgan fingerprint density at radius 2 is 2.00 bits per heavy atom. The van der Waals surface area contributed by atoms with Crippen molar-refractivity contribution in [3.05, 3.63) is 18.1 Å². The van der Waals surface area contributed by atoms with Crippen LogP contribution in [0.3, 0.4) is 0 Å². The minimum Gasteiger partial charge on any atom is -0.464 e. The van der Waals surface area contributed by atoms with Crippen LogP contribution >= 0.6 is 0 Å². The quantitative estimate of drug-likeness (QED) is 0.512. The first-order chi connectivity index (χ1) is 6.46. The number of rotatable bonds is 2. The Bertz CT molecular complexity index is 459. The van der Waals surface area contributed by atoms with Crippen LogP contribution in [0.5, 0.6) is 0 Å². The van der Waals surface area contributed by atoms with Gasteiger partial charge in [-0.25, -0.2) is 14.8 Å². The zero-order valence-electron chi connectivity index (χ0n) is 6.97. The summed E-state index contributed by atoms with van der Waals surface area (Å²) in [7, 11) is -4.04. The molecule has 6 nitrogen and oxygen atoms in total. The highest BCUT2D eigenvalue weighted by atomic mass is 32.3. The van der Waals surface area contributed by atoms with Crippen molar-refractivity contribution in [3.63, 3.8) is 0 Å². The molecule has 0 aliphatic rings. The number of carbonyl (C=O) groups excluding carboxylic acids is 1. The lowest BCUT2D eigenvalue weighted by Gasteiger charge is -2.00. The smallest absolute Gasteiger partial charge is 0.359 e. The predicted octanol–water partition coefficient (Wildman–Crippen LogP) is -0.0786. The Balaban J connectivity index is 3.38. The first kappa shape index (κ1) is 10.5. The van der Waals surface area contributed by atoms with Gasteiger partial charge in [0.15, 0.2) is 5.69 Å². The van der Waals surface area contributed by atoms with Gasteiger partial charge in [-0.05, 0) is 0 Å². The molecule has 0 aliphatic heterocycles. The van der Waals surface area contributed by atoms with E-state index in [4.69, 9.17) is 0 Å². The first-order valence-electron chi connectivity index (χ1n) is 3.31. The molecule has 0 N–H and O–H groups in total. The number of halogens is 1. The van der Waals surface area contributed by atoms with Gasteiger partial charge >= 0.3 is 16.2 Å². The Morgan fingerprint density at radius 3 is 2.50 bits per heavy atom. The van der Waals surface area contributed by atoms with Gasteiger partial charge in [0.1, 0.15) is 0 Å². The molecule has 0 saturated heterocycles. The van der Waals surface area contributed by atoms with E-state index >= 15 is 0 Å². The van der Waals surface area contributed by atoms with Crippen molar-refractivity contribution in [3.8, 4) is 0 Å². The SMILES string of the molecule is COC(=O)c1nccnc1S(=O)(=O)F. The molecular weight excluding hydrogens is 215 g/mol. The molecule has 0 saturated carbocycles. The third kappa shape index (κ3) is 2.02. The average molecular weight is 220 g/mol. The van der Waals surface area contributed by atoms with Gasteiger partial charge in [-0.1, -0.05) is 3.89 Å². The number of nitrogens with zero attached hydrogens (tertiary/aromatic N) is 2. The van der Waals surface area contributed by atoms with E-state index in [9.17, 15) is 17.1 Å². The summed E-state index contributed by atoms with van der Waals surface area (Å²) in [5, 5.41) is -1.04. The number of ether oxygens (including phenoxy) is 1. The number of aromatic nitrogens is 2. The maximum absolute atomic E-state index is 12.5. The third-order valence-electron chi connectivity index (χ3n) is 1.27. The van der Waals surface area contributed by atoms with Crippen LogP contribution in [-0.4, -0.2) is 31.5 Å². The third-order valence-corrected chi connectivity index (χ3v) is 2.04. The van der Waals surface area contributed by atoms with Gasteiger partial charge in [0.05, 0.1) is 7.11 Å². The minimum atomic E-state index is -5.06. The molecule has 8 heteroatoms. The molecule has 0 aromatic carbocycles. The van der Waals surface area contributed by atoms with Crippen LogP contribution in [0, 0.1) is 0 Å². The Labute approximate surface area is 79.0 Å². The number of esters is 1. The Hall–Kier alpha value is -1.57. The summed E-state index contributed by atoms with van der Waals surface area (Å²) in [6.07, 6.45) is 2.01. The van der Waals surface area contributed by atoms with Crippen LogP contribution in [-0.2, 0) is 15.0 Å². The summed E-state index contributed by atoms with van der Waals surface area (Å²) in [5.74, 6) is -1.06. The molecule has 0 unspecified atom stereocenters. The van der Waals surface area contributed by atoms with Gasteiger partial charge in [-0.3, -0.25) is 0 Å². The highest BCUT2D eigenvalue weighted by molar-refractivity contribution is 7.86. The molecule has 1 aromatic heterocycles. The largest absolute Gasteiger partial charge is 0.464 e. The van der Waals surface area contributed by atoms with E-state index in [0.717, 1.165) is 19.5 Å². The molecule has 1 rings (SSSR count). The fourth-order valence-corrected chi connectivity index (χ4v) is 1.29. The van der Waals surface area contributed by atoms with Crippen molar-refractivity contribution in [2.24, 2.45) is 0 Å². The van der Waals surface area contributed by atoms with Crippen molar-refractivity contribution in [2.45, 2.75) is 5.03 Å². The zero-order chi connectivity index (χ0) is 10.8. The van der Waals surface area contributed by atoms with Gasteiger partial charge < -0.3 is 4.74 Å². The highest BCUT2D eigenvalue weighted by Gasteiger charge is 2.25. The molecule has 0 aliphatic carbocycles. The van der Waals surface area contributed by atoms with Crippen LogP contribution in [0.4, 0.5) is 3.89 Å². The predicted molar refractivity (Wildman–Crippen MR) is 41.7 cm³/mol. The summed E-state index contributed by atoms with van der Waals surface area (Å²) < 4.78 is 37.7. The molecule has 14 heavy (non-hydrogen) atoms. The van der Waals surface area contributed by atoms with Gasteiger partial charge in [-0.15, -0.1) is 0 Å². The van der Waals surface area contributed by atoms with Gasteiger partial charge in [0.25, 0.3) is 0 Å². The van der Waals surface area contributed by atoms with E-state index in [1.54, 1.807) is 0 Å². The van der Waals surface area contributed by atoms with Crippen LogP contribution in [0.25, 0.3) is 0 Å². The molecule has 76 valence electrons. The second kappa shape index (κ2) is 3.66. The van der Waals surface area contributed by atoms with Crippen LogP contribution in [0.15, 0.2) is 17.4 Å². The van der Waals surface area contributed by atoms with Crippen molar-refractivity contribution < 1.29 is 21.8 Å². The van der Waals surface area contributed by atoms with E-state index in [-0.39, 0.29) is 0 Å². The first-order valence-corrected chi connectivity index (χ1v) is 4.69. The second-order valence-electron chi connectivity index (χ2n) is 2.14. The summed E-state index contributed by atoms with van der Waals surface area (Å²) in [5.41, 5.74) is -0.669. The van der Waals surface area contributed by atoms with Gasteiger partial charge in [0, 0.05) is 12.4 Å². The molecule has 0 radical (unpaired) electrons. The Kier molecular flexibility index (Phi) is 2.75. The lowest BCUT2D eigenvalue weighted by Crippen LogP contribution is -2.11. The van der Waals surface area contributed by atoms with E-state index in [1.165, 1.54) is 0 Å². The topological polar surface area (TPSA) is 86.2 Å². The summed E-state index contributed by atoms with van der Waals surface area (Å²) in [4.78, 5) is 17.5. The van der Waals surface area contributed by atoms with Crippen molar-refractivity contribution >= 4 is 16.2 Å². The van der Waals surface area contributed by atoms with Gasteiger partial charge in [0.2, 0.25) is 5.03 Å². The standard InChI is InChI=1S/C6H5FN2O4S/c1-13-6(10)4-5(14(7,11)12)9-3-2-8-4/h2-3H,1H3. The van der Waals surface area contributed by atoms with Crippen LogP contribution < -0.4 is 0 Å². The number of methoxy groups -OCH3 is 1. The second-order valence-corrected chi connectivity index (χ2v) is 3.40. The lowest BCUT2D eigenvalue weighted by molar-refractivity contribution is 0.0587. The number of carbonyl (C=O) groups is 1. The number of hydrogen-bond acceptors (Lipinski definition) is 6. The maximum atomic E-state index is 12.5. The van der Waals surface area contributed by atoms with Crippen LogP contribution in [0.2, 0.25) is 0 Å². The van der Waals surface area contributed by atoms with Crippen molar-refractivity contribution in [1.82, 2.24) is 9.97 Å². The van der Waals surface area contributed by atoms with E-state index < -0.39 is 26.9 Å². The van der Waals surface area contributed by atoms with Crippen LogP contribution in [0.1, 0.15) is 10.5 Å². The number of hydrogen-bond donors (Lipinski definition) is 0. The normalized spacial score (nSPS) is 11.0. The highest BCUT2D eigenvalue weighted by Crippen LogP contribution is 2.12. The molecule has 0 bridgehead atoms. The molecule has 0 amide bonds. The fraction of sp³-hybridized carbons (Fsp3) is 0.167. The molecule has 1 aromatic rings. The maximum Gasteiger partial charge on any atom is 0.359 e. The molecule has 0 atom stereocenters. The molecule has 0 fully saturated rings. The van der Waals surface area contributed by atoms with Crippen molar-refractivity contribution in [1.29, 1.82) is 0 Å². The minimum absolute atomic E-state index is 0.669. The Morgan fingerprint density at radius 1 is 1.43 bits per heavy atom. The zero-order valence-corrected chi connectivity index (χ0v) is 7.78. The molecule has 0 spiro atoms. The molecular formula is C6H5FN2O4S. The lowest BCUT2D eigenvalue weighted by atomic mass is 10.4. The summed E-state index contributed by atoms with van der Waals surface area (Å²) in [6, 6.07) is 0. The van der Waals surface area contributed by atoms with E-state index in [2.05, 4.69) is 14.7 Å². The van der Waals surface area contributed by atoms with Crippen molar-refractivity contribution in [2.75, 3.05) is 7.11 Å². The monoisotopic (exact) mass is 220 g/mol. The summed E-state index contributed by atoms with van der Waals surface area (Å²) in [6.45, 7) is 0. The summed E-state index contributed by atoms with van der Waals surface area (Å²) >= 11 is 0. The molecule has 1 heterocycles. The fourth-order valence-electron chi connectivity index (χ4n) is 0.740. The van der Waals surface area contributed by atoms with Gasteiger partial charge in [-0.2, -0.15) is 8.42 Å².